The average Bonchev–Trinajstić information content (AvgIpc) is 3.02. The van der Waals surface area contributed by atoms with Crippen LogP contribution in [0.25, 0.3) is 0 Å². The number of hydrogen-bond donors (Lipinski definition) is 2. The maximum absolute atomic E-state index is 12.1. The van der Waals surface area contributed by atoms with Crippen LogP contribution >= 0.6 is 11.8 Å². The van der Waals surface area contributed by atoms with E-state index in [4.69, 9.17) is 14.2 Å². The Hall–Kier alpha value is -0.830. The van der Waals surface area contributed by atoms with Crippen molar-refractivity contribution in [3.05, 3.63) is 0 Å². The van der Waals surface area contributed by atoms with E-state index in [0.717, 1.165) is 37.4 Å². The minimum atomic E-state index is -1.50. The lowest BCUT2D eigenvalue weighted by Gasteiger charge is -2.43. The molecule has 0 aromatic heterocycles. The summed E-state index contributed by atoms with van der Waals surface area (Å²) in [5.74, 6) is -0.885. The summed E-state index contributed by atoms with van der Waals surface area (Å²) >= 11 is 1.14. The van der Waals surface area contributed by atoms with Crippen LogP contribution in [-0.4, -0.2) is 59.3 Å². The fourth-order valence-electron chi connectivity index (χ4n) is 3.76. The smallest absolute Gasteiger partial charge is 0.306 e. The Labute approximate surface area is 158 Å². The van der Waals surface area contributed by atoms with Crippen LogP contribution in [0.4, 0.5) is 4.79 Å². The number of carbonyl (C=O) groups excluding carboxylic acids is 2. The van der Waals surface area contributed by atoms with E-state index in [9.17, 15) is 14.7 Å². The van der Waals surface area contributed by atoms with Gasteiger partial charge in [-0.15, -0.1) is 0 Å². The third kappa shape index (κ3) is 5.34. The number of hydrogen-bond acceptors (Lipinski definition) is 7. The first-order chi connectivity index (χ1) is 12.4. The van der Waals surface area contributed by atoms with Crippen molar-refractivity contribution in [2.24, 2.45) is 5.92 Å². The van der Waals surface area contributed by atoms with E-state index in [1.54, 1.807) is 0 Å². The quantitative estimate of drug-likeness (QED) is 0.666. The summed E-state index contributed by atoms with van der Waals surface area (Å²) in [5, 5.41) is 13.7. The molecule has 0 aromatic carbocycles. The molecule has 8 heteroatoms. The van der Waals surface area contributed by atoms with Crippen molar-refractivity contribution in [3.8, 4) is 0 Å². The van der Waals surface area contributed by atoms with Gasteiger partial charge in [-0.25, -0.2) is 0 Å². The van der Waals surface area contributed by atoms with Crippen LogP contribution in [0, 0.1) is 5.92 Å². The highest BCUT2D eigenvalue weighted by atomic mass is 32.2. The maximum atomic E-state index is 12.1. The monoisotopic (exact) mass is 387 g/mol. The Kier molecular flexibility index (Phi) is 6.82. The zero-order valence-electron chi connectivity index (χ0n) is 15.3. The molecule has 1 amide bonds. The van der Waals surface area contributed by atoms with E-state index in [1.165, 1.54) is 0 Å². The maximum Gasteiger partial charge on any atom is 0.306 e. The summed E-state index contributed by atoms with van der Waals surface area (Å²) in [6.07, 6.45) is 3.78. The predicted octanol–water partition coefficient (Wildman–Crippen LogP) is 2.21. The summed E-state index contributed by atoms with van der Waals surface area (Å²) < 4.78 is 17.3. The van der Waals surface area contributed by atoms with Crippen LogP contribution in [0.15, 0.2) is 0 Å². The molecule has 3 rings (SSSR count). The van der Waals surface area contributed by atoms with Crippen molar-refractivity contribution < 1.29 is 28.9 Å². The van der Waals surface area contributed by atoms with Crippen molar-refractivity contribution in [3.63, 3.8) is 0 Å². The molecule has 0 aliphatic carbocycles. The molecule has 26 heavy (non-hydrogen) atoms. The van der Waals surface area contributed by atoms with Crippen molar-refractivity contribution in [1.82, 2.24) is 5.32 Å². The van der Waals surface area contributed by atoms with Gasteiger partial charge < -0.3 is 24.6 Å². The highest BCUT2D eigenvalue weighted by Crippen LogP contribution is 2.37. The molecule has 7 nitrogen and oxygen atoms in total. The zero-order valence-corrected chi connectivity index (χ0v) is 16.1. The number of aliphatic hydroxyl groups is 1. The summed E-state index contributed by atoms with van der Waals surface area (Å²) in [5.41, 5.74) is 0. The number of esters is 1. The molecule has 2 N–H and O–H groups in total. The first-order valence-electron chi connectivity index (χ1n) is 9.55. The van der Waals surface area contributed by atoms with Crippen molar-refractivity contribution in [1.29, 1.82) is 0 Å². The second kappa shape index (κ2) is 8.91. The minimum Gasteiger partial charge on any atom is -0.462 e. The third-order valence-electron chi connectivity index (χ3n) is 5.24. The molecule has 3 aliphatic rings. The number of fused-ring (bicyclic) bond motifs is 2. The average molecular weight is 387 g/mol. The van der Waals surface area contributed by atoms with E-state index in [2.05, 4.69) is 12.2 Å². The first kappa shape index (κ1) is 19.9. The van der Waals surface area contributed by atoms with E-state index < -0.39 is 11.8 Å². The van der Waals surface area contributed by atoms with Gasteiger partial charge in [0, 0.05) is 38.2 Å². The second-order valence-electron chi connectivity index (χ2n) is 7.65. The van der Waals surface area contributed by atoms with Crippen LogP contribution in [0.2, 0.25) is 0 Å². The van der Waals surface area contributed by atoms with E-state index in [0.29, 0.717) is 37.7 Å². The number of amides is 1. The van der Waals surface area contributed by atoms with Gasteiger partial charge in [-0.2, -0.15) is 0 Å². The molecule has 5 atom stereocenters. The van der Waals surface area contributed by atoms with Crippen molar-refractivity contribution >= 4 is 23.0 Å². The molecule has 3 aliphatic heterocycles. The van der Waals surface area contributed by atoms with Gasteiger partial charge in [0.05, 0.1) is 12.1 Å². The van der Waals surface area contributed by atoms with Gasteiger partial charge in [0.25, 0.3) is 5.24 Å². The minimum absolute atomic E-state index is 0.157. The molecule has 148 valence electrons. The molecule has 3 heterocycles. The van der Waals surface area contributed by atoms with Crippen LogP contribution in [0.1, 0.15) is 51.9 Å². The van der Waals surface area contributed by atoms with Gasteiger partial charge in [0.2, 0.25) is 0 Å². The summed E-state index contributed by atoms with van der Waals surface area (Å²) in [4.78, 5) is 23.7. The highest BCUT2D eigenvalue weighted by molar-refractivity contribution is 8.14. The molecule has 0 aromatic rings. The number of ether oxygens (including phenoxy) is 3. The normalized spacial score (nSPS) is 40.4. The summed E-state index contributed by atoms with van der Waals surface area (Å²) in [7, 11) is 0. The molecule has 0 saturated carbocycles. The van der Waals surface area contributed by atoms with Crippen LogP contribution in [0.3, 0.4) is 0 Å². The predicted molar refractivity (Wildman–Crippen MR) is 96.8 cm³/mol. The lowest BCUT2D eigenvalue weighted by molar-refractivity contribution is -0.284. The van der Waals surface area contributed by atoms with Crippen molar-refractivity contribution in [2.45, 2.75) is 75.9 Å². The summed E-state index contributed by atoms with van der Waals surface area (Å²) in [6, 6.07) is -0.483. The first-order valence-corrected chi connectivity index (χ1v) is 10.5. The standard InChI is InChI=1S/C18H29NO6S/c1-12-5-6-13-8-14(24-16(20)4-2-3-7-23-10-12)9-18(22,25-13)15-11-26-17(21)19-15/h12-15,22H,2-11H2,1H3,(H,19,21)/t12-,13+,14+,15?,18+/m0/s1. The van der Waals surface area contributed by atoms with E-state index in [-0.39, 0.29) is 29.8 Å². The van der Waals surface area contributed by atoms with E-state index >= 15 is 0 Å². The van der Waals surface area contributed by atoms with Gasteiger partial charge in [-0.1, -0.05) is 18.7 Å². The van der Waals surface area contributed by atoms with Crippen LogP contribution in [0.5, 0.6) is 0 Å². The fraction of sp³-hybridized carbons (Fsp3) is 0.889. The van der Waals surface area contributed by atoms with E-state index in [1.807, 2.05) is 0 Å². The number of carbonyl (C=O) groups is 2. The summed E-state index contributed by atoms with van der Waals surface area (Å²) in [6.45, 7) is 3.51. The second-order valence-corrected chi connectivity index (χ2v) is 8.64. The van der Waals surface area contributed by atoms with Gasteiger partial charge in [-0.05, 0) is 31.6 Å². The van der Waals surface area contributed by atoms with Gasteiger partial charge in [0.15, 0.2) is 5.79 Å². The Bertz CT molecular complexity index is 518. The van der Waals surface area contributed by atoms with Gasteiger partial charge in [0.1, 0.15) is 6.10 Å². The molecule has 0 spiro atoms. The lowest BCUT2D eigenvalue weighted by Crippen LogP contribution is -2.58. The molecular formula is C18H29NO6S. The Morgan fingerprint density at radius 3 is 2.85 bits per heavy atom. The molecule has 1 unspecified atom stereocenters. The Balaban J connectivity index is 1.70. The number of thioether (sulfide) groups is 1. The number of nitrogens with one attached hydrogen (secondary N) is 1. The highest BCUT2D eigenvalue weighted by Gasteiger charge is 2.49. The molecule has 3 fully saturated rings. The van der Waals surface area contributed by atoms with Crippen LogP contribution < -0.4 is 5.32 Å². The van der Waals surface area contributed by atoms with Gasteiger partial charge in [-0.3, -0.25) is 9.59 Å². The topological polar surface area (TPSA) is 94.1 Å². The molecule has 3 saturated heterocycles. The van der Waals surface area contributed by atoms with Crippen molar-refractivity contribution in [2.75, 3.05) is 19.0 Å². The largest absolute Gasteiger partial charge is 0.462 e. The molecule has 2 bridgehead atoms. The third-order valence-corrected chi connectivity index (χ3v) is 6.12. The van der Waals surface area contributed by atoms with Crippen LogP contribution in [-0.2, 0) is 19.0 Å². The SMILES string of the molecule is C[C@H]1CC[C@@H]2C[C@H](C[C@](O)(C3CSC(=O)N3)O2)OC(=O)CCCCOC1. The van der Waals surface area contributed by atoms with Gasteiger partial charge >= 0.3 is 5.97 Å². The fourth-order valence-corrected chi connectivity index (χ4v) is 4.65. The molecular weight excluding hydrogens is 358 g/mol. The lowest BCUT2D eigenvalue weighted by atomic mass is 9.90. The zero-order chi connectivity index (χ0) is 18.6. The molecule has 0 radical (unpaired) electrons. The Morgan fingerprint density at radius 1 is 1.23 bits per heavy atom. The Morgan fingerprint density at radius 2 is 2.08 bits per heavy atom. The number of rotatable bonds is 1.